The number of carbonyl (C=O) groups is 2. The van der Waals surface area contributed by atoms with Crippen LogP contribution in [0.1, 0.15) is 29.6 Å². The molecule has 2 amide bonds. The zero-order chi connectivity index (χ0) is 19.8. The first-order chi connectivity index (χ1) is 14.2. The number of benzene rings is 3. The summed E-state index contributed by atoms with van der Waals surface area (Å²) >= 11 is 0. The van der Waals surface area contributed by atoms with Gasteiger partial charge in [-0.1, -0.05) is 24.3 Å². The van der Waals surface area contributed by atoms with Crippen LogP contribution in [0.15, 0.2) is 60.7 Å². The Morgan fingerprint density at radius 2 is 1.62 bits per heavy atom. The van der Waals surface area contributed by atoms with Crippen LogP contribution in [0.25, 0.3) is 10.8 Å². The van der Waals surface area contributed by atoms with E-state index in [-0.39, 0.29) is 18.4 Å². The Morgan fingerprint density at radius 1 is 0.897 bits per heavy atom. The van der Waals surface area contributed by atoms with Crippen molar-refractivity contribution in [2.75, 3.05) is 34.8 Å². The Hall–Kier alpha value is -3.34. The molecule has 0 spiro atoms. The van der Waals surface area contributed by atoms with E-state index in [4.69, 9.17) is 0 Å². The number of rotatable bonds is 4. The van der Waals surface area contributed by atoms with Gasteiger partial charge in [0.05, 0.1) is 5.69 Å². The third kappa shape index (κ3) is 3.23. The van der Waals surface area contributed by atoms with E-state index < -0.39 is 0 Å². The predicted octanol–water partition coefficient (Wildman–Crippen LogP) is 4.43. The lowest BCUT2D eigenvalue weighted by atomic mass is 10.1. The lowest BCUT2D eigenvalue weighted by Crippen LogP contribution is -2.35. The van der Waals surface area contributed by atoms with Crippen LogP contribution in [0, 0.1) is 0 Å². The molecule has 2 heterocycles. The van der Waals surface area contributed by atoms with Crippen molar-refractivity contribution in [2.45, 2.75) is 19.3 Å². The molecule has 5 rings (SSSR count). The second-order valence-electron chi connectivity index (χ2n) is 7.71. The van der Waals surface area contributed by atoms with Gasteiger partial charge in [0.15, 0.2) is 0 Å². The van der Waals surface area contributed by atoms with Gasteiger partial charge in [0.25, 0.3) is 5.91 Å². The van der Waals surface area contributed by atoms with E-state index in [1.165, 1.54) is 24.9 Å². The zero-order valence-electron chi connectivity index (χ0n) is 16.2. The third-order valence-corrected chi connectivity index (χ3v) is 5.82. The fourth-order valence-electron chi connectivity index (χ4n) is 4.39. The van der Waals surface area contributed by atoms with Gasteiger partial charge in [-0.3, -0.25) is 14.5 Å². The van der Waals surface area contributed by atoms with E-state index in [2.05, 4.69) is 22.3 Å². The summed E-state index contributed by atoms with van der Waals surface area (Å²) in [5.74, 6) is -0.318. The molecule has 1 saturated heterocycles. The van der Waals surface area contributed by atoms with E-state index in [0.29, 0.717) is 5.56 Å². The van der Waals surface area contributed by atoms with Crippen molar-refractivity contribution in [2.24, 2.45) is 0 Å². The lowest BCUT2D eigenvalue weighted by Gasteiger charge is -2.28. The molecule has 1 N–H and O–H groups in total. The molecule has 0 atom stereocenters. The predicted molar refractivity (Wildman–Crippen MR) is 117 cm³/mol. The summed E-state index contributed by atoms with van der Waals surface area (Å²) in [4.78, 5) is 29.4. The molecule has 0 aliphatic carbocycles. The summed E-state index contributed by atoms with van der Waals surface area (Å²) in [5.41, 5.74) is 3.41. The highest BCUT2D eigenvalue weighted by Gasteiger charge is 2.30. The lowest BCUT2D eigenvalue weighted by molar-refractivity contribution is -0.114. The molecular weight excluding hydrogens is 362 g/mol. The minimum Gasteiger partial charge on any atom is -0.372 e. The maximum Gasteiger partial charge on any atom is 0.259 e. The Morgan fingerprint density at radius 3 is 2.38 bits per heavy atom. The van der Waals surface area contributed by atoms with E-state index in [1.54, 1.807) is 4.90 Å². The summed E-state index contributed by atoms with van der Waals surface area (Å²) in [5, 5.41) is 4.87. The van der Waals surface area contributed by atoms with Crippen molar-refractivity contribution in [3.8, 4) is 0 Å². The van der Waals surface area contributed by atoms with Gasteiger partial charge < -0.3 is 10.2 Å². The minimum absolute atomic E-state index is 0.000499. The average molecular weight is 385 g/mol. The summed E-state index contributed by atoms with van der Waals surface area (Å²) in [6.45, 7) is 2.18. The molecular formula is C24H23N3O2. The van der Waals surface area contributed by atoms with Crippen molar-refractivity contribution in [1.82, 2.24) is 0 Å². The second kappa shape index (κ2) is 7.24. The van der Waals surface area contributed by atoms with Crippen molar-refractivity contribution in [3.05, 3.63) is 66.2 Å². The number of amides is 2. The molecule has 146 valence electrons. The van der Waals surface area contributed by atoms with E-state index in [0.717, 1.165) is 35.2 Å². The Bertz CT molecular complexity index is 1080. The molecule has 0 radical (unpaired) electrons. The number of nitrogens with one attached hydrogen (secondary N) is 1. The maximum atomic E-state index is 12.8. The quantitative estimate of drug-likeness (QED) is 0.723. The van der Waals surface area contributed by atoms with Crippen LogP contribution in [0.3, 0.4) is 0 Å². The number of nitrogens with zero attached hydrogens (tertiary/aromatic N) is 2. The van der Waals surface area contributed by atoms with Crippen LogP contribution in [0.4, 0.5) is 17.1 Å². The fraction of sp³-hybridized carbons (Fsp3) is 0.250. The minimum atomic E-state index is -0.200. The largest absolute Gasteiger partial charge is 0.372 e. The third-order valence-electron chi connectivity index (χ3n) is 5.82. The monoisotopic (exact) mass is 385 g/mol. The summed E-state index contributed by atoms with van der Waals surface area (Å²) in [6, 6.07) is 19.5. The van der Waals surface area contributed by atoms with Crippen molar-refractivity contribution in [1.29, 1.82) is 0 Å². The average Bonchev–Trinajstić information content (AvgIpc) is 3.03. The molecule has 2 aliphatic rings. The first kappa shape index (κ1) is 17.7. The van der Waals surface area contributed by atoms with E-state index in [1.807, 2.05) is 48.5 Å². The number of carbonyl (C=O) groups excluding carboxylic acids is 2. The number of hydrogen-bond donors (Lipinski definition) is 1. The van der Waals surface area contributed by atoms with Crippen LogP contribution in [0.5, 0.6) is 0 Å². The topological polar surface area (TPSA) is 52.7 Å². The van der Waals surface area contributed by atoms with Gasteiger partial charge in [-0.2, -0.15) is 0 Å². The van der Waals surface area contributed by atoms with Crippen molar-refractivity contribution < 1.29 is 9.59 Å². The highest BCUT2D eigenvalue weighted by molar-refractivity contribution is 6.26. The molecule has 5 heteroatoms. The fourth-order valence-corrected chi connectivity index (χ4v) is 4.39. The zero-order valence-corrected chi connectivity index (χ0v) is 16.2. The van der Waals surface area contributed by atoms with Crippen LogP contribution >= 0.6 is 0 Å². The smallest absolute Gasteiger partial charge is 0.259 e. The highest BCUT2D eigenvalue weighted by atomic mass is 16.2. The standard InChI is InChI=1S/C24H23N3O2/c28-22(25-18-10-12-19(13-11-18)26-14-2-1-3-15-26)16-27-21-9-5-7-17-6-4-8-20(23(17)21)24(27)29/h4-13H,1-3,14-16H2,(H,25,28). The molecule has 0 unspecified atom stereocenters. The first-order valence-electron chi connectivity index (χ1n) is 10.2. The second-order valence-corrected chi connectivity index (χ2v) is 7.71. The van der Waals surface area contributed by atoms with E-state index in [9.17, 15) is 9.59 Å². The van der Waals surface area contributed by atoms with Gasteiger partial charge in [-0.15, -0.1) is 0 Å². The summed E-state index contributed by atoms with van der Waals surface area (Å²) in [7, 11) is 0. The molecule has 0 aromatic heterocycles. The van der Waals surface area contributed by atoms with Gasteiger partial charge in [-0.05, 0) is 61.0 Å². The van der Waals surface area contributed by atoms with Crippen molar-refractivity contribution >= 4 is 39.6 Å². The van der Waals surface area contributed by atoms with Crippen molar-refractivity contribution in [3.63, 3.8) is 0 Å². The normalized spacial score (nSPS) is 15.8. The van der Waals surface area contributed by atoms with Crippen LogP contribution in [0.2, 0.25) is 0 Å². The molecule has 3 aromatic rings. The first-order valence-corrected chi connectivity index (χ1v) is 10.2. The molecule has 5 nitrogen and oxygen atoms in total. The Labute approximate surface area is 169 Å². The van der Waals surface area contributed by atoms with Gasteiger partial charge in [0.2, 0.25) is 5.91 Å². The Kier molecular flexibility index (Phi) is 4.43. The number of hydrogen-bond acceptors (Lipinski definition) is 3. The number of piperidine rings is 1. The molecule has 29 heavy (non-hydrogen) atoms. The highest BCUT2D eigenvalue weighted by Crippen LogP contribution is 2.37. The number of anilines is 3. The SMILES string of the molecule is O=C(CN1C(=O)c2cccc3cccc1c23)Nc1ccc(N2CCCCC2)cc1. The van der Waals surface area contributed by atoms with Gasteiger partial charge >= 0.3 is 0 Å². The van der Waals surface area contributed by atoms with Gasteiger partial charge in [0.1, 0.15) is 6.54 Å². The molecule has 0 bridgehead atoms. The Balaban J connectivity index is 1.29. The molecule has 2 aliphatic heterocycles. The van der Waals surface area contributed by atoms with Crippen LogP contribution in [-0.2, 0) is 4.79 Å². The van der Waals surface area contributed by atoms with Crippen LogP contribution < -0.4 is 15.1 Å². The van der Waals surface area contributed by atoms with Crippen LogP contribution in [-0.4, -0.2) is 31.4 Å². The molecule has 1 fully saturated rings. The molecule has 0 saturated carbocycles. The van der Waals surface area contributed by atoms with Gasteiger partial charge in [0, 0.05) is 35.4 Å². The summed E-state index contributed by atoms with van der Waals surface area (Å²) in [6.07, 6.45) is 3.77. The summed E-state index contributed by atoms with van der Waals surface area (Å²) < 4.78 is 0. The maximum absolute atomic E-state index is 12.8. The molecule has 3 aromatic carbocycles. The van der Waals surface area contributed by atoms with E-state index >= 15 is 0 Å². The van der Waals surface area contributed by atoms with Gasteiger partial charge in [-0.25, -0.2) is 0 Å².